The molecule has 0 fully saturated rings. The standard InChI is InChI=1S/C16H23NO/c1-3-4-5-6-7-13-8-10-15-14(12-13)9-11-16(18)17(15)2/h8,10,12H,3-7,9,11H2,1-2H3. The van der Waals surface area contributed by atoms with E-state index in [4.69, 9.17) is 0 Å². The Hall–Kier alpha value is -1.31. The van der Waals surface area contributed by atoms with Crippen molar-refractivity contribution in [2.24, 2.45) is 0 Å². The fraction of sp³-hybridized carbons (Fsp3) is 0.562. The number of unbranched alkanes of at least 4 members (excludes halogenated alkanes) is 3. The highest BCUT2D eigenvalue weighted by Gasteiger charge is 2.20. The van der Waals surface area contributed by atoms with Gasteiger partial charge in [-0.25, -0.2) is 0 Å². The summed E-state index contributed by atoms with van der Waals surface area (Å²) in [5.41, 5.74) is 3.86. The van der Waals surface area contributed by atoms with Gasteiger partial charge in [-0.3, -0.25) is 4.79 Å². The predicted molar refractivity (Wildman–Crippen MR) is 76.0 cm³/mol. The molecule has 2 heteroatoms. The van der Waals surface area contributed by atoms with Crippen molar-refractivity contribution < 1.29 is 4.79 Å². The first-order valence-corrected chi connectivity index (χ1v) is 7.10. The number of benzene rings is 1. The molecule has 0 N–H and O–H groups in total. The number of nitrogens with zero attached hydrogens (tertiary/aromatic N) is 1. The van der Waals surface area contributed by atoms with Crippen LogP contribution < -0.4 is 4.90 Å². The zero-order chi connectivity index (χ0) is 13.0. The minimum absolute atomic E-state index is 0.234. The van der Waals surface area contributed by atoms with Gasteiger partial charge in [0.25, 0.3) is 0 Å². The van der Waals surface area contributed by atoms with Crippen LogP contribution in [0.5, 0.6) is 0 Å². The van der Waals surface area contributed by atoms with E-state index < -0.39 is 0 Å². The summed E-state index contributed by atoms with van der Waals surface area (Å²) in [6.45, 7) is 2.24. The molecule has 0 saturated heterocycles. The first kappa shape index (κ1) is 13.1. The van der Waals surface area contributed by atoms with E-state index in [1.54, 1.807) is 4.90 Å². The maximum absolute atomic E-state index is 11.6. The molecule has 18 heavy (non-hydrogen) atoms. The number of aryl methyl sites for hydroxylation is 2. The van der Waals surface area contributed by atoms with Gasteiger partial charge in [-0.2, -0.15) is 0 Å². The van der Waals surface area contributed by atoms with Crippen LogP contribution in [0, 0.1) is 0 Å². The Morgan fingerprint density at radius 2 is 2.00 bits per heavy atom. The van der Waals surface area contributed by atoms with Crippen LogP contribution in [0.25, 0.3) is 0 Å². The number of hydrogen-bond donors (Lipinski definition) is 0. The average molecular weight is 245 g/mol. The van der Waals surface area contributed by atoms with Gasteiger partial charge in [-0.15, -0.1) is 0 Å². The summed E-state index contributed by atoms with van der Waals surface area (Å²) in [6.07, 6.45) is 7.96. The van der Waals surface area contributed by atoms with E-state index in [0.717, 1.165) is 12.1 Å². The summed E-state index contributed by atoms with van der Waals surface area (Å²) < 4.78 is 0. The SMILES string of the molecule is CCCCCCc1ccc2c(c1)CCC(=O)N2C. The summed E-state index contributed by atoms with van der Waals surface area (Å²) >= 11 is 0. The number of fused-ring (bicyclic) bond motifs is 1. The van der Waals surface area contributed by atoms with Crippen molar-refractivity contribution in [3.05, 3.63) is 29.3 Å². The molecule has 2 nitrogen and oxygen atoms in total. The number of anilines is 1. The molecule has 0 saturated carbocycles. The molecule has 1 heterocycles. The topological polar surface area (TPSA) is 20.3 Å². The van der Waals surface area contributed by atoms with Crippen LogP contribution in [0.2, 0.25) is 0 Å². The van der Waals surface area contributed by atoms with Crippen molar-refractivity contribution in [3.63, 3.8) is 0 Å². The van der Waals surface area contributed by atoms with Crippen molar-refractivity contribution in [2.75, 3.05) is 11.9 Å². The second kappa shape index (κ2) is 6.03. The second-order valence-electron chi connectivity index (χ2n) is 5.23. The van der Waals surface area contributed by atoms with Crippen molar-refractivity contribution in [1.82, 2.24) is 0 Å². The van der Waals surface area contributed by atoms with E-state index in [1.807, 2.05) is 7.05 Å². The number of carbonyl (C=O) groups is 1. The average Bonchev–Trinajstić information content (AvgIpc) is 2.39. The van der Waals surface area contributed by atoms with E-state index in [2.05, 4.69) is 25.1 Å². The van der Waals surface area contributed by atoms with Gasteiger partial charge in [0.15, 0.2) is 0 Å². The Morgan fingerprint density at radius 1 is 1.17 bits per heavy atom. The predicted octanol–water partition coefficient (Wildman–Crippen LogP) is 3.72. The summed E-state index contributed by atoms with van der Waals surface area (Å²) in [4.78, 5) is 13.4. The van der Waals surface area contributed by atoms with Crippen molar-refractivity contribution >= 4 is 11.6 Å². The molecule has 1 amide bonds. The Bertz CT molecular complexity index is 425. The fourth-order valence-corrected chi connectivity index (χ4v) is 2.62. The first-order valence-electron chi connectivity index (χ1n) is 7.10. The third kappa shape index (κ3) is 2.92. The molecule has 98 valence electrons. The zero-order valence-electron chi connectivity index (χ0n) is 11.5. The van der Waals surface area contributed by atoms with Gasteiger partial charge < -0.3 is 4.90 Å². The molecular weight excluding hydrogens is 222 g/mol. The van der Waals surface area contributed by atoms with Crippen LogP contribution in [0.1, 0.15) is 50.2 Å². The van der Waals surface area contributed by atoms with Gasteiger partial charge in [0.05, 0.1) is 0 Å². The first-order chi connectivity index (χ1) is 8.72. The third-order valence-electron chi connectivity index (χ3n) is 3.81. The molecule has 1 aromatic rings. The van der Waals surface area contributed by atoms with Crippen LogP contribution in [-0.4, -0.2) is 13.0 Å². The maximum atomic E-state index is 11.6. The molecule has 1 aliphatic heterocycles. The van der Waals surface area contributed by atoms with Gasteiger partial charge in [0.1, 0.15) is 0 Å². The van der Waals surface area contributed by atoms with E-state index in [1.165, 1.54) is 43.2 Å². The lowest BCUT2D eigenvalue weighted by molar-refractivity contribution is -0.118. The number of carbonyl (C=O) groups excluding carboxylic acids is 1. The smallest absolute Gasteiger partial charge is 0.227 e. The Labute approximate surface area is 110 Å². The van der Waals surface area contributed by atoms with Crippen LogP contribution >= 0.6 is 0 Å². The van der Waals surface area contributed by atoms with E-state index in [-0.39, 0.29) is 5.91 Å². The van der Waals surface area contributed by atoms with Gasteiger partial charge in [-0.1, -0.05) is 38.3 Å². The second-order valence-corrected chi connectivity index (χ2v) is 5.23. The molecule has 0 radical (unpaired) electrons. The molecule has 1 aliphatic rings. The van der Waals surface area contributed by atoms with E-state index in [9.17, 15) is 4.79 Å². The monoisotopic (exact) mass is 245 g/mol. The van der Waals surface area contributed by atoms with Crippen LogP contribution in [0.15, 0.2) is 18.2 Å². The van der Waals surface area contributed by atoms with Crippen molar-refractivity contribution in [3.8, 4) is 0 Å². The highest BCUT2D eigenvalue weighted by atomic mass is 16.2. The molecule has 0 atom stereocenters. The highest BCUT2D eigenvalue weighted by Crippen LogP contribution is 2.28. The van der Waals surface area contributed by atoms with Crippen molar-refractivity contribution in [2.45, 2.75) is 51.9 Å². The summed E-state index contributed by atoms with van der Waals surface area (Å²) in [5, 5.41) is 0. The molecule has 0 aliphatic carbocycles. The molecule has 1 aromatic carbocycles. The maximum Gasteiger partial charge on any atom is 0.227 e. The van der Waals surface area contributed by atoms with Crippen molar-refractivity contribution in [1.29, 1.82) is 0 Å². The lowest BCUT2D eigenvalue weighted by Gasteiger charge is -2.26. The molecule has 0 spiro atoms. The highest BCUT2D eigenvalue weighted by molar-refractivity contribution is 5.95. The normalized spacial score (nSPS) is 14.8. The van der Waals surface area contributed by atoms with E-state index in [0.29, 0.717) is 6.42 Å². The Balaban J connectivity index is 2.01. The zero-order valence-corrected chi connectivity index (χ0v) is 11.5. The van der Waals surface area contributed by atoms with Gasteiger partial charge >= 0.3 is 0 Å². The molecule has 0 bridgehead atoms. The molecular formula is C16H23NO. The Kier molecular flexibility index (Phi) is 4.40. The van der Waals surface area contributed by atoms with Gasteiger partial charge in [0, 0.05) is 19.2 Å². The Morgan fingerprint density at radius 3 is 2.78 bits per heavy atom. The molecule has 0 aromatic heterocycles. The van der Waals surface area contributed by atoms with Crippen LogP contribution in [-0.2, 0) is 17.6 Å². The summed E-state index contributed by atoms with van der Waals surface area (Å²) in [5.74, 6) is 0.234. The van der Waals surface area contributed by atoms with Gasteiger partial charge in [-0.05, 0) is 36.5 Å². The minimum Gasteiger partial charge on any atom is -0.315 e. The molecule has 0 unspecified atom stereocenters. The lowest BCUT2D eigenvalue weighted by atomic mass is 9.97. The number of hydrogen-bond acceptors (Lipinski definition) is 1. The van der Waals surface area contributed by atoms with Crippen LogP contribution in [0.3, 0.4) is 0 Å². The quantitative estimate of drug-likeness (QED) is 0.724. The van der Waals surface area contributed by atoms with Gasteiger partial charge in [0.2, 0.25) is 5.91 Å². The molecule has 2 rings (SSSR count). The third-order valence-corrected chi connectivity index (χ3v) is 3.81. The van der Waals surface area contributed by atoms with E-state index >= 15 is 0 Å². The number of rotatable bonds is 5. The fourth-order valence-electron chi connectivity index (χ4n) is 2.62. The summed E-state index contributed by atoms with van der Waals surface area (Å²) in [6, 6.07) is 6.59. The number of amides is 1. The largest absolute Gasteiger partial charge is 0.315 e. The lowest BCUT2D eigenvalue weighted by Crippen LogP contribution is -2.31. The summed E-state index contributed by atoms with van der Waals surface area (Å²) in [7, 11) is 1.88. The minimum atomic E-state index is 0.234. The van der Waals surface area contributed by atoms with Crippen LogP contribution in [0.4, 0.5) is 5.69 Å².